The molecule has 1 aromatic heterocycles. The van der Waals surface area contributed by atoms with Crippen LogP contribution < -0.4 is 15.8 Å². The molecule has 3 N–H and O–H groups in total. The number of nitrogens with one attached hydrogen (secondary N) is 1. The Hall–Kier alpha value is -2.43. The summed E-state index contributed by atoms with van der Waals surface area (Å²) in [5.74, 6) is 0.352. The van der Waals surface area contributed by atoms with Crippen LogP contribution >= 0.6 is 0 Å². The Labute approximate surface area is 117 Å². The van der Waals surface area contributed by atoms with E-state index < -0.39 is 0 Å². The van der Waals surface area contributed by atoms with E-state index in [4.69, 9.17) is 14.9 Å². The first kappa shape index (κ1) is 14.0. The van der Waals surface area contributed by atoms with Crippen LogP contribution in [-0.2, 0) is 4.79 Å². The Morgan fingerprint density at radius 1 is 1.35 bits per heavy atom. The zero-order valence-corrected chi connectivity index (χ0v) is 11.3. The normalized spacial score (nSPS) is 11.8. The van der Waals surface area contributed by atoms with Gasteiger partial charge in [-0.25, -0.2) is 0 Å². The molecule has 0 saturated heterocycles. The van der Waals surface area contributed by atoms with Crippen molar-refractivity contribution in [3.63, 3.8) is 0 Å². The van der Waals surface area contributed by atoms with Crippen molar-refractivity contribution in [1.29, 1.82) is 0 Å². The minimum atomic E-state index is -0.364. The highest BCUT2D eigenvalue weighted by Gasteiger charge is 2.06. The lowest BCUT2D eigenvalue weighted by molar-refractivity contribution is -0.118. The number of nitrogens with two attached hydrogens (primary N) is 1. The van der Waals surface area contributed by atoms with E-state index in [1.54, 1.807) is 12.5 Å². The molecule has 0 aliphatic rings. The summed E-state index contributed by atoms with van der Waals surface area (Å²) in [7, 11) is 0. The fraction of sp³-hybridized carbons (Fsp3) is 0.267. The number of hydrogen-bond acceptors (Lipinski definition) is 4. The van der Waals surface area contributed by atoms with Crippen LogP contribution in [-0.4, -0.2) is 12.5 Å². The molecule has 1 unspecified atom stereocenters. The lowest BCUT2D eigenvalue weighted by Crippen LogP contribution is -2.14. The van der Waals surface area contributed by atoms with E-state index in [2.05, 4.69) is 12.2 Å². The van der Waals surface area contributed by atoms with Gasteiger partial charge in [-0.05, 0) is 37.3 Å². The molecule has 1 atom stereocenters. The Bertz CT molecular complexity index is 535. The third kappa shape index (κ3) is 4.05. The molecule has 106 valence electrons. The molecule has 5 heteroatoms. The molecule has 2 rings (SSSR count). The summed E-state index contributed by atoms with van der Waals surface area (Å²) in [5, 5.41) is 3.36. The maximum Gasteiger partial charge on any atom is 0.220 e. The van der Waals surface area contributed by atoms with Gasteiger partial charge in [0.05, 0.1) is 31.6 Å². The Balaban J connectivity index is 1.86. The smallest absolute Gasteiger partial charge is 0.220 e. The zero-order valence-electron chi connectivity index (χ0n) is 11.3. The number of rotatable bonds is 7. The minimum absolute atomic E-state index is 0.162. The minimum Gasteiger partial charge on any atom is -0.493 e. The lowest BCUT2D eigenvalue weighted by atomic mass is 10.1. The van der Waals surface area contributed by atoms with Crippen molar-refractivity contribution in [3.05, 3.63) is 48.4 Å². The van der Waals surface area contributed by atoms with Crippen LogP contribution in [0.25, 0.3) is 0 Å². The summed E-state index contributed by atoms with van der Waals surface area (Å²) in [6, 6.07) is 9.65. The lowest BCUT2D eigenvalue weighted by Gasteiger charge is -2.14. The van der Waals surface area contributed by atoms with Crippen molar-refractivity contribution >= 4 is 11.6 Å². The monoisotopic (exact) mass is 274 g/mol. The molecule has 0 saturated carbocycles. The first-order chi connectivity index (χ1) is 9.65. The molecule has 1 aromatic carbocycles. The Morgan fingerprint density at radius 2 is 2.10 bits per heavy atom. The summed E-state index contributed by atoms with van der Waals surface area (Å²) in [6.07, 6.45) is 3.60. The van der Waals surface area contributed by atoms with Crippen LogP contribution in [0, 0.1) is 0 Å². The molecule has 1 amide bonds. The van der Waals surface area contributed by atoms with E-state index in [-0.39, 0.29) is 18.4 Å². The van der Waals surface area contributed by atoms with Gasteiger partial charge >= 0.3 is 0 Å². The third-order valence-electron chi connectivity index (χ3n) is 2.90. The number of furan rings is 1. The SMILES string of the molecule is CC(Nc1ccc(OCCC(N)=O)cc1)c1ccoc1. The Kier molecular flexibility index (Phi) is 4.65. The highest BCUT2D eigenvalue weighted by Crippen LogP contribution is 2.21. The second kappa shape index (κ2) is 6.65. The topological polar surface area (TPSA) is 77.5 Å². The van der Waals surface area contributed by atoms with Gasteiger partial charge in [0.1, 0.15) is 5.75 Å². The van der Waals surface area contributed by atoms with E-state index in [9.17, 15) is 4.79 Å². The van der Waals surface area contributed by atoms with E-state index in [0.29, 0.717) is 12.4 Å². The first-order valence-electron chi connectivity index (χ1n) is 6.45. The summed E-state index contributed by atoms with van der Waals surface area (Å²) in [6.45, 7) is 2.36. The molecular weight excluding hydrogens is 256 g/mol. The first-order valence-corrected chi connectivity index (χ1v) is 6.45. The van der Waals surface area contributed by atoms with Gasteiger partial charge in [0.25, 0.3) is 0 Å². The molecule has 0 fully saturated rings. The summed E-state index contributed by atoms with van der Waals surface area (Å²) >= 11 is 0. The van der Waals surface area contributed by atoms with E-state index in [1.165, 1.54) is 0 Å². The maximum atomic E-state index is 10.6. The fourth-order valence-corrected chi connectivity index (χ4v) is 1.77. The van der Waals surface area contributed by atoms with Crippen molar-refractivity contribution in [2.45, 2.75) is 19.4 Å². The number of hydrogen-bond donors (Lipinski definition) is 2. The number of benzene rings is 1. The molecule has 5 nitrogen and oxygen atoms in total. The van der Waals surface area contributed by atoms with Crippen molar-refractivity contribution in [2.24, 2.45) is 5.73 Å². The second-order valence-electron chi connectivity index (χ2n) is 4.51. The number of amides is 1. The second-order valence-corrected chi connectivity index (χ2v) is 4.51. The van der Waals surface area contributed by atoms with Crippen molar-refractivity contribution in [2.75, 3.05) is 11.9 Å². The molecule has 0 bridgehead atoms. The van der Waals surface area contributed by atoms with Crippen molar-refractivity contribution in [1.82, 2.24) is 0 Å². The summed E-state index contributed by atoms with van der Waals surface area (Å²) in [5.41, 5.74) is 7.12. The van der Waals surface area contributed by atoms with Gasteiger partial charge in [0.2, 0.25) is 5.91 Å². The number of primary amides is 1. The van der Waals surface area contributed by atoms with Gasteiger partial charge in [-0.2, -0.15) is 0 Å². The van der Waals surface area contributed by atoms with Crippen LogP contribution in [0.1, 0.15) is 24.9 Å². The fourth-order valence-electron chi connectivity index (χ4n) is 1.77. The highest BCUT2D eigenvalue weighted by molar-refractivity contribution is 5.73. The Morgan fingerprint density at radius 3 is 2.70 bits per heavy atom. The number of anilines is 1. The standard InChI is InChI=1S/C15H18N2O3/c1-11(12-6-8-19-10-12)17-13-2-4-14(5-3-13)20-9-7-15(16)18/h2-6,8,10-11,17H,7,9H2,1H3,(H2,16,18). The highest BCUT2D eigenvalue weighted by atomic mass is 16.5. The molecular formula is C15H18N2O3. The van der Waals surface area contributed by atoms with Gasteiger partial charge in [-0.15, -0.1) is 0 Å². The van der Waals surface area contributed by atoms with Crippen LogP contribution in [0.3, 0.4) is 0 Å². The number of ether oxygens (including phenoxy) is 1. The average Bonchev–Trinajstić information content (AvgIpc) is 2.94. The largest absolute Gasteiger partial charge is 0.493 e. The van der Waals surface area contributed by atoms with Gasteiger partial charge in [-0.1, -0.05) is 0 Å². The van der Waals surface area contributed by atoms with E-state index in [1.807, 2.05) is 30.3 Å². The van der Waals surface area contributed by atoms with Gasteiger partial charge in [0, 0.05) is 11.3 Å². The molecule has 20 heavy (non-hydrogen) atoms. The maximum absolute atomic E-state index is 10.6. The predicted octanol–water partition coefficient (Wildman–Crippen LogP) is 2.71. The molecule has 0 radical (unpaired) electrons. The summed E-state index contributed by atoms with van der Waals surface area (Å²) in [4.78, 5) is 10.6. The van der Waals surface area contributed by atoms with Crippen molar-refractivity contribution < 1.29 is 13.9 Å². The average molecular weight is 274 g/mol. The number of carbonyl (C=O) groups excluding carboxylic acids is 1. The van der Waals surface area contributed by atoms with Gasteiger partial charge in [-0.3, -0.25) is 4.79 Å². The van der Waals surface area contributed by atoms with Crippen LogP contribution in [0.5, 0.6) is 5.75 Å². The molecule has 2 aromatic rings. The van der Waals surface area contributed by atoms with Crippen LogP contribution in [0.15, 0.2) is 47.3 Å². The third-order valence-corrected chi connectivity index (χ3v) is 2.90. The zero-order chi connectivity index (χ0) is 14.4. The van der Waals surface area contributed by atoms with Gasteiger partial charge < -0.3 is 20.2 Å². The predicted molar refractivity (Wildman–Crippen MR) is 76.5 cm³/mol. The quantitative estimate of drug-likeness (QED) is 0.813. The number of carbonyl (C=O) groups is 1. The summed E-state index contributed by atoms with van der Waals surface area (Å²) < 4.78 is 10.5. The van der Waals surface area contributed by atoms with Crippen LogP contribution in [0.4, 0.5) is 5.69 Å². The van der Waals surface area contributed by atoms with Gasteiger partial charge in [0.15, 0.2) is 0 Å². The molecule has 1 heterocycles. The molecule has 0 spiro atoms. The van der Waals surface area contributed by atoms with E-state index in [0.717, 1.165) is 11.3 Å². The van der Waals surface area contributed by atoms with Crippen molar-refractivity contribution in [3.8, 4) is 5.75 Å². The molecule has 0 aliphatic heterocycles. The molecule has 0 aliphatic carbocycles. The van der Waals surface area contributed by atoms with E-state index >= 15 is 0 Å². The van der Waals surface area contributed by atoms with Crippen LogP contribution in [0.2, 0.25) is 0 Å².